The Labute approximate surface area is 388 Å². The van der Waals surface area contributed by atoms with Crippen molar-refractivity contribution in [3.63, 3.8) is 0 Å². The molecule has 0 bridgehead atoms. The van der Waals surface area contributed by atoms with Crippen LogP contribution in [0.3, 0.4) is 0 Å². The van der Waals surface area contributed by atoms with Gasteiger partial charge < -0.3 is 33.2 Å². The predicted molar refractivity (Wildman–Crippen MR) is 270 cm³/mol. The van der Waals surface area contributed by atoms with Crippen molar-refractivity contribution in [3.8, 4) is 0 Å². The summed E-state index contributed by atoms with van der Waals surface area (Å²) < 4.78 is 0. The summed E-state index contributed by atoms with van der Waals surface area (Å²) in [5.41, 5.74) is 17.7. The van der Waals surface area contributed by atoms with Crippen molar-refractivity contribution in [1.82, 2.24) is 16.0 Å². The van der Waals surface area contributed by atoms with Crippen LogP contribution in [-0.2, 0) is 30.6 Å². The first-order chi connectivity index (χ1) is 27.4. The number of nitrogens with one attached hydrogen (secondary N) is 3. The fraction of sp³-hybridized carbons (Fsp3) is 0.833. The second-order valence-corrected chi connectivity index (χ2v) is 28.7. The van der Waals surface area contributed by atoms with Gasteiger partial charge in [-0.3, -0.25) is 14.4 Å². The third-order valence-electron chi connectivity index (χ3n) is 12.8. The standard InChI is InChI=1S/C54H102N6O3/c1-43(2,28-52(19,20)55)34-58-40(61)49(13,14)31-46(7,8)37-25-38(47(9,10)32-50(15,16)41(62)59-35-44(3,4)29-53(21,22)56)27-39(26-37)48(11,12)33-51(17,18)42(63)60-36-45(5,6)30-54(23,24)57/h25-27H,28-36,55-57H2,1-24H3,(H,58,61)(H,59,62)(H,60,63). The Balaban J connectivity index is 3.77. The zero-order valence-electron chi connectivity index (χ0n) is 45.6. The van der Waals surface area contributed by atoms with Crippen LogP contribution in [-0.4, -0.2) is 54.0 Å². The summed E-state index contributed by atoms with van der Waals surface area (Å²) in [6, 6.07) is 6.91. The minimum atomic E-state index is -0.682. The molecule has 0 radical (unpaired) electrons. The summed E-state index contributed by atoms with van der Waals surface area (Å²) in [7, 11) is 0. The third-order valence-corrected chi connectivity index (χ3v) is 12.8. The molecule has 3 amide bonds. The lowest BCUT2D eigenvalue weighted by molar-refractivity contribution is -0.131. The van der Waals surface area contributed by atoms with Crippen LogP contribution in [0.4, 0.5) is 0 Å². The van der Waals surface area contributed by atoms with Gasteiger partial charge in [-0.05, 0) is 129 Å². The van der Waals surface area contributed by atoms with Crippen molar-refractivity contribution in [2.75, 3.05) is 19.6 Å². The van der Waals surface area contributed by atoms with Crippen molar-refractivity contribution < 1.29 is 14.4 Å². The molecule has 0 fully saturated rings. The zero-order valence-corrected chi connectivity index (χ0v) is 45.6. The highest BCUT2D eigenvalue weighted by Crippen LogP contribution is 2.45. The maximum absolute atomic E-state index is 14.0. The molecule has 0 aliphatic rings. The van der Waals surface area contributed by atoms with Gasteiger partial charge in [0.2, 0.25) is 17.7 Å². The van der Waals surface area contributed by atoms with Gasteiger partial charge in [0.05, 0.1) is 0 Å². The average molecular weight is 883 g/mol. The van der Waals surface area contributed by atoms with Crippen molar-refractivity contribution in [2.45, 2.75) is 238 Å². The monoisotopic (exact) mass is 883 g/mol. The molecule has 0 unspecified atom stereocenters. The van der Waals surface area contributed by atoms with E-state index < -0.39 is 32.5 Å². The number of amides is 3. The third kappa shape index (κ3) is 19.9. The van der Waals surface area contributed by atoms with Gasteiger partial charge in [-0.2, -0.15) is 0 Å². The van der Waals surface area contributed by atoms with Crippen LogP contribution in [0.15, 0.2) is 18.2 Å². The van der Waals surface area contributed by atoms with Crippen molar-refractivity contribution in [2.24, 2.45) is 49.7 Å². The van der Waals surface area contributed by atoms with Gasteiger partial charge in [0.15, 0.2) is 0 Å². The summed E-state index contributed by atoms with van der Waals surface area (Å²) >= 11 is 0. The number of hydrogen-bond acceptors (Lipinski definition) is 6. The molecule has 0 atom stereocenters. The molecular formula is C54H102N6O3. The lowest BCUT2D eigenvalue weighted by Gasteiger charge is -2.41. The highest BCUT2D eigenvalue weighted by atomic mass is 16.2. The van der Waals surface area contributed by atoms with Crippen LogP contribution in [0.5, 0.6) is 0 Å². The zero-order chi connectivity index (χ0) is 50.1. The van der Waals surface area contributed by atoms with Crippen molar-refractivity contribution in [1.29, 1.82) is 0 Å². The minimum Gasteiger partial charge on any atom is -0.355 e. The number of hydrogen-bond donors (Lipinski definition) is 6. The quantitative estimate of drug-likeness (QED) is 0.0605. The van der Waals surface area contributed by atoms with Gasteiger partial charge in [0.25, 0.3) is 0 Å². The maximum atomic E-state index is 14.0. The van der Waals surface area contributed by atoms with E-state index in [1.54, 1.807) is 0 Å². The normalized spacial score (nSPS) is 14.7. The molecule has 63 heavy (non-hydrogen) atoms. The van der Waals surface area contributed by atoms with Gasteiger partial charge in [-0.25, -0.2) is 0 Å². The fourth-order valence-corrected chi connectivity index (χ4v) is 11.2. The van der Waals surface area contributed by atoms with E-state index in [-0.39, 0.29) is 50.6 Å². The van der Waals surface area contributed by atoms with Crippen LogP contribution in [0.25, 0.3) is 0 Å². The number of carbonyl (C=O) groups excluding carboxylic acids is 3. The summed E-state index contributed by atoms with van der Waals surface area (Å²) in [4.78, 5) is 42.0. The minimum absolute atomic E-state index is 0.0208. The predicted octanol–water partition coefficient (Wildman–Crippen LogP) is 10.6. The van der Waals surface area contributed by atoms with Crippen molar-refractivity contribution >= 4 is 17.7 Å². The molecule has 0 heterocycles. The molecule has 0 spiro atoms. The molecular weight excluding hydrogens is 781 g/mol. The first-order valence-electron chi connectivity index (χ1n) is 23.8. The molecule has 0 saturated heterocycles. The summed E-state index contributed by atoms with van der Waals surface area (Å²) in [6.45, 7) is 52.3. The molecule has 1 aromatic rings. The Bertz CT molecular complexity index is 1510. The fourth-order valence-electron chi connectivity index (χ4n) is 11.2. The van der Waals surface area contributed by atoms with Crippen LogP contribution in [0.2, 0.25) is 0 Å². The van der Waals surface area contributed by atoms with E-state index in [9.17, 15) is 14.4 Å². The molecule has 9 N–H and O–H groups in total. The average Bonchev–Trinajstić information content (AvgIpc) is 3.00. The van der Waals surface area contributed by atoms with E-state index in [4.69, 9.17) is 17.2 Å². The topological polar surface area (TPSA) is 165 Å². The van der Waals surface area contributed by atoms with Crippen LogP contribution in [0.1, 0.15) is 221 Å². The highest BCUT2D eigenvalue weighted by Gasteiger charge is 2.42. The Morgan fingerprint density at radius 3 is 0.683 bits per heavy atom. The Morgan fingerprint density at radius 2 is 0.524 bits per heavy atom. The number of carbonyl (C=O) groups is 3. The summed E-state index contributed by atoms with van der Waals surface area (Å²) in [5, 5.41) is 9.85. The van der Waals surface area contributed by atoms with Crippen LogP contribution < -0.4 is 33.2 Å². The molecule has 0 saturated carbocycles. The lowest BCUT2D eigenvalue weighted by atomic mass is 9.65. The maximum Gasteiger partial charge on any atom is 0.225 e. The van der Waals surface area contributed by atoms with Gasteiger partial charge in [-0.15, -0.1) is 0 Å². The van der Waals surface area contributed by atoms with Crippen LogP contribution >= 0.6 is 0 Å². The van der Waals surface area contributed by atoms with Gasteiger partial charge in [0.1, 0.15) is 0 Å². The Hall–Kier alpha value is -2.49. The number of benzene rings is 1. The van der Waals surface area contributed by atoms with E-state index in [0.717, 1.165) is 36.0 Å². The molecule has 9 heteroatoms. The molecule has 0 aromatic heterocycles. The Morgan fingerprint density at radius 1 is 0.349 bits per heavy atom. The molecule has 0 aliphatic carbocycles. The second kappa shape index (κ2) is 19.4. The van der Waals surface area contributed by atoms with Crippen molar-refractivity contribution in [3.05, 3.63) is 34.9 Å². The second-order valence-electron chi connectivity index (χ2n) is 28.7. The van der Waals surface area contributed by atoms with Gasteiger partial charge in [0, 0.05) is 52.5 Å². The van der Waals surface area contributed by atoms with E-state index in [1.165, 1.54) is 0 Å². The largest absolute Gasteiger partial charge is 0.355 e. The number of nitrogens with two attached hydrogens (primary N) is 3. The number of rotatable bonds is 24. The smallest absolute Gasteiger partial charge is 0.225 e. The van der Waals surface area contributed by atoms with E-state index in [2.05, 4.69) is 117 Å². The molecule has 0 aliphatic heterocycles. The van der Waals surface area contributed by atoms with E-state index in [1.807, 2.05) is 83.1 Å². The molecule has 9 nitrogen and oxygen atoms in total. The lowest BCUT2D eigenvalue weighted by Crippen LogP contribution is -2.47. The van der Waals surface area contributed by atoms with Gasteiger partial charge in [-0.1, -0.05) is 143 Å². The molecule has 1 aromatic carbocycles. The first-order valence-corrected chi connectivity index (χ1v) is 23.8. The first kappa shape index (κ1) is 58.5. The molecule has 366 valence electrons. The van der Waals surface area contributed by atoms with Crippen LogP contribution in [0, 0.1) is 32.5 Å². The van der Waals surface area contributed by atoms with E-state index >= 15 is 0 Å². The highest BCUT2D eigenvalue weighted by molar-refractivity contribution is 5.83. The summed E-state index contributed by atoms with van der Waals surface area (Å²) in [6.07, 6.45) is 4.14. The summed E-state index contributed by atoms with van der Waals surface area (Å²) in [5.74, 6) is 0.0624. The SMILES string of the molecule is CC(C)(N)CC(C)(C)CNC(=O)C(C)(C)CC(C)(C)c1cc(C(C)(C)CC(C)(C)C(=O)NCC(C)(C)CC(C)(C)N)cc(C(C)(C)CC(C)(C)C(=O)NCC(C)(C)CC(C)(C)N)c1. The Kier molecular flexibility index (Phi) is 18.0. The van der Waals surface area contributed by atoms with Gasteiger partial charge >= 0.3 is 0 Å². The molecule has 1 rings (SSSR count). The van der Waals surface area contributed by atoms with E-state index in [0.29, 0.717) is 38.9 Å².